The fourth-order valence-corrected chi connectivity index (χ4v) is 0.940. The third kappa shape index (κ3) is 8.55. The largest absolute Gasteiger partial charge is 1.00 e. The molecule has 0 saturated carbocycles. The van der Waals surface area contributed by atoms with Gasteiger partial charge in [-0.1, -0.05) is 15.9 Å². The van der Waals surface area contributed by atoms with Crippen LogP contribution in [0.3, 0.4) is 0 Å². The number of carbonyl (C=O) groups is 1. The fraction of sp³-hybridized carbons (Fsp3) is 0.200. The zero-order valence-electron chi connectivity index (χ0n) is 8.87. The molecule has 0 aliphatic heterocycles. The van der Waals surface area contributed by atoms with E-state index in [1.807, 2.05) is 0 Å². The number of hydrogen-bond donors (Lipinski definition) is 1. The zero-order valence-corrected chi connectivity index (χ0v) is 10.5. The van der Waals surface area contributed by atoms with Crippen LogP contribution in [0.25, 0.3) is 0 Å². The Bertz CT molecular complexity index is 275. The molecule has 3 nitrogen and oxygen atoms in total. The Hall–Kier alpha value is -0.433. The van der Waals surface area contributed by atoms with Gasteiger partial charge < -0.3 is 16.8 Å². The molecular formula is C10H12BrLiO3. The molecule has 78 valence electrons. The van der Waals surface area contributed by atoms with Crippen molar-refractivity contribution in [2.24, 2.45) is 0 Å². The summed E-state index contributed by atoms with van der Waals surface area (Å²) in [6, 6.07) is 6.98. The second kappa shape index (κ2) is 10.1. The Morgan fingerprint density at radius 1 is 1.40 bits per heavy atom. The van der Waals surface area contributed by atoms with Crippen LogP contribution in [0, 0.1) is 6.92 Å². The SMILES string of the molecule is O=C(O)COc1ccc(Br)cc1.[CH2-]C.[Li+]. The van der Waals surface area contributed by atoms with E-state index in [1.54, 1.807) is 31.2 Å². The topological polar surface area (TPSA) is 46.5 Å². The Balaban J connectivity index is 0. The van der Waals surface area contributed by atoms with Gasteiger partial charge in [0, 0.05) is 4.47 Å². The first-order valence-corrected chi connectivity index (χ1v) is 4.78. The van der Waals surface area contributed by atoms with Crippen molar-refractivity contribution in [3.05, 3.63) is 35.7 Å². The van der Waals surface area contributed by atoms with Crippen molar-refractivity contribution in [2.45, 2.75) is 6.92 Å². The van der Waals surface area contributed by atoms with Crippen LogP contribution < -0.4 is 23.6 Å². The van der Waals surface area contributed by atoms with Gasteiger partial charge in [-0.15, -0.1) is 0 Å². The van der Waals surface area contributed by atoms with Gasteiger partial charge in [-0.2, -0.15) is 6.92 Å². The molecule has 1 aromatic rings. The van der Waals surface area contributed by atoms with Crippen LogP contribution in [0.2, 0.25) is 0 Å². The van der Waals surface area contributed by atoms with E-state index in [0.717, 1.165) is 4.47 Å². The molecule has 0 aliphatic rings. The van der Waals surface area contributed by atoms with E-state index in [-0.39, 0.29) is 25.5 Å². The molecule has 0 atom stereocenters. The molecule has 1 aromatic carbocycles. The maximum absolute atomic E-state index is 10.1. The smallest absolute Gasteiger partial charge is 0.482 e. The summed E-state index contributed by atoms with van der Waals surface area (Å²) in [5, 5.41) is 8.30. The number of carboxylic acids is 1. The van der Waals surface area contributed by atoms with Crippen molar-refractivity contribution in [2.75, 3.05) is 6.61 Å². The standard InChI is InChI=1S/C8H7BrO3.C2H5.Li/c9-6-1-3-7(4-2-6)12-5-8(10)11;1-2;/h1-4H,5H2,(H,10,11);1H2,2H3;/q;-1;+1. The second-order valence-electron chi connectivity index (χ2n) is 2.14. The molecule has 0 aromatic heterocycles. The number of carboxylic acid groups (broad SMARTS) is 1. The average Bonchev–Trinajstić information content (AvgIpc) is 2.20. The van der Waals surface area contributed by atoms with Crippen LogP contribution in [-0.4, -0.2) is 17.7 Å². The van der Waals surface area contributed by atoms with E-state index >= 15 is 0 Å². The van der Waals surface area contributed by atoms with Crippen LogP contribution >= 0.6 is 15.9 Å². The zero-order chi connectivity index (χ0) is 11.0. The minimum absolute atomic E-state index is 0. The average molecular weight is 267 g/mol. The molecule has 0 unspecified atom stereocenters. The third-order valence-electron chi connectivity index (χ3n) is 1.18. The van der Waals surface area contributed by atoms with Crippen molar-refractivity contribution in [3.63, 3.8) is 0 Å². The normalized spacial score (nSPS) is 7.93. The van der Waals surface area contributed by atoms with E-state index in [0.29, 0.717) is 5.75 Å². The first-order chi connectivity index (χ1) is 6.68. The Kier molecular flexibility index (Phi) is 11.4. The molecule has 0 bridgehead atoms. The third-order valence-corrected chi connectivity index (χ3v) is 1.70. The molecule has 0 saturated heterocycles. The first-order valence-electron chi connectivity index (χ1n) is 3.99. The summed E-state index contributed by atoms with van der Waals surface area (Å²) in [4.78, 5) is 10.1. The van der Waals surface area contributed by atoms with Crippen molar-refractivity contribution in [1.82, 2.24) is 0 Å². The number of hydrogen-bond acceptors (Lipinski definition) is 2. The van der Waals surface area contributed by atoms with Gasteiger partial charge in [0.15, 0.2) is 6.61 Å². The van der Waals surface area contributed by atoms with Crippen molar-refractivity contribution < 1.29 is 33.5 Å². The van der Waals surface area contributed by atoms with Gasteiger partial charge in [0.2, 0.25) is 0 Å². The van der Waals surface area contributed by atoms with E-state index in [4.69, 9.17) is 9.84 Å². The van der Waals surface area contributed by atoms with Crippen LogP contribution in [0.15, 0.2) is 28.7 Å². The van der Waals surface area contributed by atoms with E-state index in [1.165, 1.54) is 0 Å². The van der Waals surface area contributed by atoms with Crippen molar-refractivity contribution in [1.29, 1.82) is 0 Å². The van der Waals surface area contributed by atoms with Gasteiger partial charge >= 0.3 is 24.8 Å². The van der Waals surface area contributed by atoms with Gasteiger partial charge in [-0.3, -0.25) is 0 Å². The first kappa shape index (κ1) is 17.0. The molecular weight excluding hydrogens is 255 g/mol. The Labute approximate surface area is 110 Å². The molecule has 5 heteroatoms. The van der Waals surface area contributed by atoms with E-state index in [2.05, 4.69) is 22.9 Å². The van der Waals surface area contributed by atoms with Crippen molar-refractivity contribution in [3.8, 4) is 5.75 Å². The van der Waals surface area contributed by atoms with Gasteiger partial charge in [-0.05, 0) is 24.3 Å². The summed E-state index contributed by atoms with van der Waals surface area (Å²) in [5.41, 5.74) is 0. The second-order valence-corrected chi connectivity index (χ2v) is 3.05. The minimum atomic E-state index is -0.974. The van der Waals surface area contributed by atoms with Crippen LogP contribution in [0.5, 0.6) is 5.75 Å². The molecule has 1 N–H and O–H groups in total. The number of aliphatic carboxylic acids is 1. The number of halogens is 1. The van der Waals surface area contributed by atoms with Crippen LogP contribution in [0.1, 0.15) is 6.92 Å². The molecule has 15 heavy (non-hydrogen) atoms. The van der Waals surface area contributed by atoms with Crippen molar-refractivity contribution >= 4 is 21.9 Å². The predicted octanol–water partition coefficient (Wildman–Crippen LogP) is -0.243. The summed E-state index contributed by atoms with van der Waals surface area (Å²) in [5.74, 6) is -0.418. The summed E-state index contributed by atoms with van der Waals surface area (Å²) in [7, 11) is 0. The van der Waals surface area contributed by atoms with Crippen LogP contribution in [-0.2, 0) is 4.79 Å². The molecule has 0 aliphatic carbocycles. The summed E-state index contributed by atoms with van der Waals surface area (Å²) in [6.45, 7) is 4.70. The molecule has 1 rings (SSSR count). The fourth-order valence-electron chi connectivity index (χ4n) is 0.676. The van der Waals surface area contributed by atoms with Gasteiger partial charge in [0.25, 0.3) is 0 Å². The number of ether oxygens (including phenoxy) is 1. The maximum Gasteiger partial charge on any atom is 1.00 e. The van der Waals surface area contributed by atoms with Gasteiger partial charge in [0.05, 0.1) is 0 Å². The monoisotopic (exact) mass is 266 g/mol. The van der Waals surface area contributed by atoms with Gasteiger partial charge in [-0.25, -0.2) is 4.79 Å². The summed E-state index contributed by atoms with van der Waals surface area (Å²) < 4.78 is 5.84. The molecule has 0 radical (unpaired) electrons. The molecule has 0 heterocycles. The van der Waals surface area contributed by atoms with E-state index in [9.17, 15) is 4.79 Å². The quantitative estimate of drug-likeness (QED) is 0.607. The molecule has 0 amide bonds. The minimum Gasteiger partial charge on any atom is -0.482 e. The summed E-state index contributed by atoms with van der Waals surface area (Å²) in [6.07, 6.45) is 0. The van der Waals surface area contributed by atoms with Gasteiger partial charge in [0.1, 0.15) is 5.75 Å². The number of rotatable bonds is 3. The predicted molar refractivity (Wildman–Crippen MR) is 58.3 cm³/mol. The van der Waals surface area contributed by atoms with Crippen LogP contribution in [0.4, 0.5) is 0 Å². The Morgan fingerprint density at radius 2 is 1.87 bits per heavy atom. The maximum atomic E-state index is 10.1. The molecule has 0 fully saturated rings. The Morgan fingerprint density at radius 3 is 2.27 bits per heavy atom. The van der Waals surface area contributed by atoms with E-state index < -0.39 is 5.97 Å². The molecule has 0 spiro atoms. The number of benzene rings is 1. The summed E-state index contributed by atoms with van der Waals surface area (Å²) >= 11 is 3.25.